The number of amides is 1. The van der Waals surface area contributed by atoms with Crippen LogP contribution >= 0.6 is 11.3 Å². The molecule has 1 aliphatic heterocycles. The predicted molar refractivity (Wildman–Crippen MR) is 109 cm³/mol. The standard InChI is InChI=1S/C18H24N4O5S2/c1-5-27-17(24)15-11(4)19-18(28-15)20-16(23)13-8-14(10(2)3)22(21-13)12-6-7-29(25,26)9-12/h8,10,12H,5-7,9H2,1-4H3,(H,19,20,23)/t12-/m1/s1. The first kappa shape index (κ1) is 21.4. The Hall–Kier alpha value is -2.27. The summed E-state index contributed by atoms with van der Waals surface area (Å²) < 4.78 is 30.3. The number of ether oxygens (including phenoxy) is 1. The molecule has 0 bridgehead atoms. The van der Waals surface area contributed by atoms with Gasteiger partial charge in [0.2, 0.25) is 0 Å². The molecule has 0 saturated carbocycles. The van der Waals surface area contributed by atoms with Crippen molar-refractivity contribution in [2.75, 3.05) is 23.4 Å². The molecular formula is C18H24N4O5S2. The van der Waals surface area contributed by atoms with E-state index in [1.807, 2.05) is 13.8 Å². The second kappa shape index (κ2) is 8.23. The van der Waals surface area contributed by atoms with Crippen molar-refractivity contribution in [3.05, 3.63) is 28.0 Å². The van der Waals surface area contributed by atoms with E-state index < -0.39 is 21.7 Å². The lowest BCUT2D eigenvalue weighted by atomic mass is 10.1. The van der Waals surface area contributed by atoms with Crippen LogP contribution in [0.1, 0.15) is 70.7 Å². The van der Waals surface area contributed by atoms with Gasteiger partial charge in [0.15, 0.2) is 20.7 Å². The van der Waals surface area contributed by atoms with Gasteiger partial charge in [0.25, 0.3) is 5.91 Å². The number of carbonyl (C=O) groups is 2. The molecule has 29 heavy (non-hydrogen) atoms. The smallest absolute Gasteiger partial charge is 0.350 e. The number of sulfone groups is 1. The van der Waals surface area contributed by atoms with Crippen LogP contribution in [0.2, 0.25) is 0 Å². The molecule has 0 aliphatic carbocycles. The third-order valence-electron chi connectivity index (χ3n) is 4.62. The van der Waals surface area contributed by atoms with Crippen LogP contribution in [0.25, 0.3) is 0 Å². The Morgan fingerprint density at radius 2 is 2.14 bits per heavy atom. The zero-order chi connectivity index (χ0) is 21.3. The lowest BCUT2D eigenvalue weighted by molar-refractivity contribution is 0.0531. The number of anilines is 1. The monoisotopic (exact) mass is 440 g/mol. The third kappa shape index (κ3) is 4.67. The fraction of sp³-hybridized carbons (Fsp3) is 0.556. The molecule has 0 unspecified atom stereocenters. The van der Waals surface area contributed by atoms with Crippen molar-refractivity contribution in [1.29, 1.82) is 0 Å². The summed E-state index contributed by atoms with van der Waals surface area (Å²) >= 11 is 1.04. The second-order valence-corrected chi connectivity index (χ2v) is 10.4. The van der Waals surface area contributed by atoms with Crippen LogP contribution in [0.5, 0.6) is 0 Å². The fourth-order valence-corrected chi connectivity index (χ4v) is 5.76. The minimum absolute atomic E-state index is 0.0318. The van der Waals surface area contributed by atoms with Crippen LogP contribution in [0.3, 0.4) is 0 Å². The molecule has 0 aromatic carbocycles. The highest BCUT2D eigenvalue weighted by molar-refractivity contribution is 7.91. The molecule has 2 aromatic heterocycles. The van der Waals surface area contributed by atoms with Crippen molar-refractivity contribution in [2.24, 2.45) is 0 Å². The topological polar surface area (TPSA) is 120 Å². The summed E-state index contributed by atoms with van der Waals surface area (Å²) in [7, 11) is -3.07. The van der Waals surface area contributed by atoms with Crippen LogP contribution in [0.4, 0.5) is 5.13 Å². The van der Waals surface area contributed by atoms with Gasteiger partial charge in [-0.05, 0) is 32.3 Å². The summed E-state index contributed by atoms with van der Waals surface area (Å²) in [4.78, 5) is 29.2. The van der Waals surface area contributed by atoms with Crippen molar-refractivity contribution in [1.82, 2.24) is 14.8 Å². The van der Waals surface area contributed by atoms with Gasteiger partial charge in [0.05, 0.1) is 29.8 Å². The van der Waals surface area contributed by atoms with Crippen molar-refractivity contribution < 1.29 is 22.7 Å². The summed E-state index contributed by atoms with van der Waals surface area (Å²) in [5.41, 5.74) is 1.47. The van der Waals surface area contributed by atoms with Crippen LogP contribution < -0.4 is 5.32 Å². The van der Waals surface area contributed by atoms with Crippen LogP contribution in [0.15, 0.2) is 6.07 Å². The summed E-state index contributed by atoms with van der Waals surface area (Å²) in [5, 5.41) is 7.34. The molecule has 9 nitrogen and oxygen atoms in total. The molecule has 1 saturated heterocycles. The number of rotatable bonds is 6. The van der Waals surface area contributed by atoms with E-state index in [1.165, 1.54) is 0 Å². The predicted octanol–water partition coefficient (Wildman–Crippen LogP) is 2.56. The maximum Gasteiger partial charge on any atom is 0.350 e. The van der Waals surface area contributed by atoms with E-state index in [0.717, 1.165) is 17.0 Å². The Kier molecular flexibility index (Phi) is 6.08. The van der Waals surface area contributed by atoms with E-state index in [9.17, 15) is 18.0 Å². The number of esters is 1. The van der Waals surface area contributed by atoms with E-state index in [4.69, 9.17) is 4.74 Å². The van der Waals surface area contributed by atoms with Gasteiger partial charge in [-0.25, -0.2) is 18.2 Å². The number of nitrogens with zero attached hydrogens (tertiary/aromatic N) is 3. The molecule has 0 radical (unpaired) electrons. The zero-order valence-electron chi connectivity index (χ0n) is 16.8. The van der Waals surface area contributed by atoms with Crippen LogP contribution in [0, 0.1) is 6.92 Å². The molecule has 1 atom stereocenters. The number of aromatic nitrogens is 3. The average molecular weight is 441 g/mol. The lowest BCUT2D eigenvalue weighted by Gasteiger charge is -2.15. The SMILES string of the molecule is CCOC(=O)c1sc(NC(=O)c2cc(C(C)C)n([C@@H]3CCS(=O)(=O)C3)n2)nc1C. The highest BCUT2D eigenvalue weighted by Gasteiger charge is 2.32. The number of hydrogen-bond acceptors (Lipinski definition) is 8. The van der Waals surface area contributed by atoms with Gasteiger partial charge in [-0.2, -0.15) is 5.10 Å². The minimum atomic E-state index is -3.07. The number of hydrogen-bond donors (Lipinski definition) is 1. The summed E-state index contributed by atoms with van der Waals surface area (Å²) in [5.74, 6) is -0.701. The highest BCUT2D eigenvalue weighted by Crippen LogP contribution is 2.29. The van der Waals surface area contributed by atoms with E-state index in [-0.39, 0.29) is 40.9 Å². The Balaban J connectivity index is 1.82. The van der Waals surface area contributed by atoms with Gasteiger partial charge in [0, 0.05) is 5.69 Å². The van der Waals surface area contributed by atoms with Crippen LogP contribution in [-0.4, -0.2) is 53.2 Å². The first-order chi connectivity index (χ1) is 13.6. The molecule has 1 amide bonds. The van der Waals surface area contributed by atoms with Gasteiger partial charge >= 0.3 is 5.97 Å². The number of thiazole rings is 1. The maximum absolute atomic E-state index is 12.7. The number of nitrogens with one attached hydrogen (secondary N) is 1. The Morgan fingerprint density at radius 3 is 2.72 bits per heavy atom. The van der Waals surface area contributed by atoms with Crippen molar-refractivity contribution >= 4 is 38.2 Å². The average Bonchev–Trinajstić information content (AvgIpc) is 3.31. The van der Waals surface area contributed by atoms with Crippen molar-refractivity contribution in [3.8, 4) is 0 Å². The molecule has 3 rings (SSSR count). The molecule has 158 valence electrons. The molecule has 0 spiro atoms. The first-order valence-electron chi connectivity index (χ1n) is 9.37. The van der Waals surface area contributed by atoms with Crippen molar-refractivity contribution in [3.63, 3.8) is 0 Å². The number of carbonyl (C=O) groups excluding carboxylic acids is 2. The minimum Gasteiger partial charge on any atom is -0.462 e. The molecule has 1 N–H and O–H groups in total. The zero-order valence-corrected chi connectivity index (χ0v) is 18.4. The Morgan fingerprint density at radius 1 is 1.41 bits per heavy atom. The summed E-state index contributed by atoms with van der Waals surface area (Å²) in [6.07, 6.45) is 0.485. The maximum atomic E-state index is 12.7. The molecule has 1 fully saturated rings. The Labute approximate surface area is 173 Å². The van der Waals surface area contributed by atoms with E-state index in [0.29, 0.717) is 17.0 Å². The second-order valence-electron chi connectivity index (χ2n) is 7.22. The molecule has 3 heterocycles. The third-order valence-corrected chi connectivity index (χ3v) is 7.42. The van der Waals surface area contributed by atoms with Crippen LogP contribution in [-0.2, 0) is 14.6 Å². The lowest BCUT2D eigenvalue weighted by Crippen LogP contribution is -2.17. The normalized spacial score (nSPS) is 18.2. The quantitative estimate of drug-likeness (QED) is 0.685. The molecular weight excluding hydrogens is 416 g/mol. The van der Waals surface area contributed by atoms with Gasteiger partial charge < -0.3 is 4.74 Å². The largest absolute Gasteiger partial charge is 0.462 e. The van der Waals surface area contributed by atoms with Gasteiger partial charge in [0.1, 0.15) is 4.88 Å². The highest BCUT2D eigenvalue weighted by atomic mass is 32.2. The van der Waals surface area contributed by atoms with Gasteiger partial charge in [-0.1, -0.05) is 25.2 Å². The van der Waals surface area contributed by atoms with E-state index >= 15 is 0 Å². The summed E-state index contributed by atoms with van der Waals surface area (Å²) in [6, 6.07) is 1.41. The van der Waals surface area contributed by atoms with Gasteiger partial charge in [-0.15, -0.1) is 0 Å². The molecule has 2 aromatic rings. The molecule has 11 heteroatoms. The first-order valence-corrected chi connectivity index (χ1v) is 12.0. The van der Waals surface area contributed by atoms with Crippen molar-refractivity contribution in [2.45, 2.75) is 46.1 Å². The van der Waals surface area contributed by atoms with E-state index in [1.54, 1.807) is 24.6 Å². The molecule has 1 aliphatic rings. The van der Waals surface area contributed by atoms with E-state index in [2.05, 4.69) is 15.4 Å². The Bertz CT molecular complexity index is 1040. The fourth-order valence-electron chi connectivity index (χ4n) is 3.21. The van der Waals surface area contributed by atoms with Gasteiger partial charge in [-0.3, -0.25) is 14.8 Å². The summed E-state index contributed by atoms with van der Waals surface area (Å²) in [6.45, 7) is 7.58. The number of aryl methyl sites for hydroxylation is 1.